The van der Waals surface area contributed by atoms with E-state index in [9.17, 15) is 8.42 Å². The molecule has 172 valence electrons. The summed E-state index contributed by atoms with van der Waals surface area (Å²) in [6, 6.07) is 16.6. The number of hydrogen-bond donors (Lipinski definition) is 0. The predicted octanol–water partition coefficient (Wildman–Crippen LogP) is 7.42. The summed E-state index contributed by atoms with van der Waals surface area (Å²) in [5.41, 5.74) is 2.17. The van der Waals surface area contributed by atoms with Gasteiger partial charge in [-0.25, -0.2) is 0 Å². The summed E-state index contributed by atoms with van der Waals surface area (Å²) in [4.78, 5) is 0. The van der Waals surface area contributed by atoms with Gasteiger partial charge in [-0.2, -0.15) is 0 Å². The van der Waals surface area contributed by atoms with Gasteiger partial charge < -0.3 is 0 Å². The van der Waals surface area contributed by atoms with E-state index in [0.29, 0.717) is 12.8 Å². The van der Waals surface area contributed by atoms with Gasteiger partial charge in [0.05, 0.1) is 0 Å². The summed E-state index contributed by atoms with van der Waals surface area (Å²) in [6.45, 7) is 13.1. The summed E-state index contributed by atoms with van der Waals surface area (Å²) >= 11 is -2.75. The second-order valence-corrected chi connectivity index (χ2v) is 17.1. The minimum atomic E-state index is -3.63. The summed E-state index contributed by atoms with van der Waals surface area (Å²) in [7, 11) is -3.63. The first-order valence-corrected chi connectivity index (χ1v) is 15.7. The fraction of sp³-hybridized carbons (Fsp3) is 0.538. The van der Waals surface area contributed by atoms with Gasteiger partial charge in [0.1, 0.15) is 0 Å². The SMILES string of the molecule is CC(C)(C)c1ccccc1I(OS(=O)(=O)C1CCCCC1)c1ccccc1C(C)(C)C. The van der Waals surface area contributed by atoms with Crippen LogP contribution < -0.4 is 0 Å². The third-order valence-corrected chi connectivity index (χ3v) is 14.0. The number of benzene rings is 2. The van der Waals surface area contributed by atoms with Crippen LogP contribution in [0, 0.1) is 7.14 Å². The maximum atomic E-state index is 13.5. The average Bonchev–Trinajstić information content (AvgIpc) is 2.71. The summed E-state index contributed by atoms with van der Waals surface area (Å²) < 4.78 is 35.5. The number of rotatable bonds is 5. The zero-order valence-corrected chi connectivity index (χ0v) is 22.7. The van der Waals surface area contributed by atoms with Crippen LogP contribution in [0.4, 0.5) is 0 Å². The molecule has 5 heteroatoms. The minimum absolute atomic E-state index is 0.0963. The van der Waals surface area contributed by atoms with Gasteiger partial charge in [-0.15, -0.1) is 0 Å². The van der Waals surface area contributed by atoms with Crippen molar-refractivity contribution in [3.63, 3.8) is 0 Å². The second-order valence-electron chi connectivity index (χ2n) is 10.5. The maximum absolute atomic E-state index is 13.5. The van der Waals surface area contributed by atoms with Crippen molar-refractivity contribution in [1.82, 2.24) is 0 Å². The second kappa shape index (κ2) is 9.52. The Labute approximate surface area is 197 Å². The van der Waals surface area contributed by atoms with E-state index in [-0.39, 0.29) is 16.1 Å². The van der Waals surface area contributed by atoms with Crippen LogP contribution in [-0.2, 0) is 23.5 Å². The third-order valence-electron chi connectivity index (χ3n) is 5.84. The molecule has 31 heavy (non-hydrogen) atoms. The third kappa shape index (κ3) is 5.91. The van der Waals surface area contributed by atoms with Crippen molar-refractivity contribution in [2.45, 2.75) is 89.7 Å². The van der Waals surface area contributed by atoms with Crippen LogP contribution >= 0.6 is 20.2 Å². The predicted molar refractivity (Wildman–Crippen MR) is 139 cm³/mol. The molecule has 3 rings (SSSR count). The van der Waals surface area contributed by atoms with Crippen molar-refractivity contribution in [3.05, 3.63) is 66.8 Å². The molecule has 0 aliphatic heterocycles. The molecule has 2 aromatic rings. The van der Waals surface area contributed by atoms with Crippen LogP contribution in [0.25, 0.3) is 0 Å². The molecule has 0 N–H and O–H groups in total. The van der Waals surface area contributed by atoms with Gasteiger partial charge in [0.25, 0.3) is 0 Å². The molecular weight excluding hydrogens is 519 g/mol. The van der Waals surface area contributed by atoms with Crippen LogP contribution in [0.5, 0.6) is 0 Å². The Morgan fingerprint density at radius 1 is 0.742 bits per heavy atom. The molecule has 0 bridgehead atoms. The molecule has 0 heterocycles. The standard InChI is InChI=1S/C26H37IO3S/c1-25(2,3)21-16-10-12-18-23(21)27(24-19-13-11-17-22(24)26(4,5)6)30-31(28,29)20-14-8-7-9-15-20/h10-13,16-20H,7-9,14-15H2,1-6H3. The Hall–Kier alpha value is -0.920. The van der Waals surface area contributed by atoms with Crippen LogP contribution in [0.1, 0.15) is 84.8 Å². The molecule has 1 aliphatic carbocycles. The molecule has 0 radical (unpaired) electrons. The van der Waals surface area contributed by atoms with E-state index in [1.807, 2.05) is 24.3 Å². The van der Waals surface area contributed by atoms with Crippen molar-refractivity contribution < 1.29 is 10.9 Å². The molecule has 1 saturated carbocycles. The van der Waals surface area contributed by atoms with E-state index < -0.39 is 30.4 Å². The van der Waals surface area contributed by atoms with E-state index in [1.165, 1.54) is 11.1 Å². The van der Waals surface area contributed by atoms with Crippen molar-refractivity contribution >= 4 is 30.4 Å². The van der Waals surface area contributed by atoms with Crippen molar-refractivity contribution in [2.75, 3.05) is 0 Å². The Kier molecular flexibility index (Phi) is 7.59. The van der Waals surface area contributed by atoms with Gasteiger partial charge in [0.15, 0.2) is 0 Å². The van der Waals surface area contributed by atoms with Crippen molar-refractivity contribution in [3.8, 4) is 0 Å². The molecule has 0 saturated heterocycles. The van der Waals surface area contributed by atoms with Crippen molar-refractivity contribution in [1.29, 1.82) is 0 Å². The van der Waals surface area contributed by atoms with E-state index in [4.69, 9.17) is 2.51 Å². The average molecular weight is 557 g/mol. The van der Waals surface area contributed by atoms with Crippen molar-refractivity contribution in [2.24, 2.45) is 0 Å². The molecule has 1 fully saturated rings. The Morgan fingerprint density at radius 3 is 1.58 bits per heavy atom. The Morgan fingerprint density at radius 2 is 1.16 bits per heavy atom. The molecule has 0 unspecified atom stereocenters. The molecule has 1 aliphatic rings. The molecule has 0 atom stereocenters. The first kappa shape index (κ1) is 24.7. The van der Waals surface area contributed by atoms with Gasteiger partial charge >= 0.3 is 198 Å². The zero-order valence-electron chi connectivity index (χ0n) is 19.7. The summed E-state index contributed by atoms with van der Waals surface area (Å²) in [5, 5.41) is -0.371. The summed E-state index contributed by atoms with van der Waals surface area (Å²) in [5.74, 6) is 0. The fourth-order valence-corrected chi connectivity index (χ4v) is 13.7. The molecule has 3 nitrogen and oxygen atoms in total. The van der Waals surface area contributed by atoms with E-state index in [2.05, 4.69) is 65.8 Å². The fourth-order valence-electron chi connectivity index (χ4n) is 4.11. The molecule has 0 aromatic heterocycles. The molecular formula is C26H37IO3S. The topological polar surface area (TPSA) is 43.4 Å². The monoisotopic (exact) mass is 556 g/mol. The van der Waals surface area contributed by atoms with Crippen LogP contribution in [0.2, 0.25) is 0 Å². The Bertz CT molecular complexity index is 936. The van der Waals surface area contributed by atoms with Gasteiger partial charge in [-0.1, -0.05) is 0 Å². The number of halogens is 1. The van der Waals surface area contributed by atoms with Crippen LogP contribution in [0.3, 0.4) is 0 Å². The van der Waals surface area contributed by atoms with Gasteiger partial charge in [-0.3, -0.25) is 0 Å². The van der Waals surface area contributed by atoms with E-state index >= 15 is 0 Å². The van der Waals surface area contributed by atoms with Crippen LogP contribution in [0.15, 0.2) is 48.5 Å². The molecule has 2 aromatic carbocycles. The quantitative estimate of drug-likeness (QED) is 0.360. The van der Waals surface area contributed by atoms with Gasteiger partial charge in [0.2, 0.25) is 0 Å². The normalized spacial score (nSPS) is 16.9. The van der Waals surface area contributed by atoms with Crippen LogP contribution in [-0.4, -0.2) is 13.7 Å². The van der Waals surface area contributed by atoms with Gasteiger partial charge in [-0.05, 0) is 0 Å². The summed E-state index contributed by atoms with van der Waals surface area (Å²) in [6.07, 6.45) is 4.49. The first-order valence-electron chi connectivity index (χ1n) is 11.2. The first-order chi connectivity index (χ1) is 14.4. The Balaban J connectivity index is 2.18. The van der Waals surface area contributed by atoms with Gasteiger partial charge in [0, 0.05) is 0 Å². The molecule has 0 spiro atoms. The molecule has 0 amide bonds. The van der Waals surface area contributed by atoms with E-state index in [1.54, 1.807) is 0 Å². The van der Waals surface area contributed by atoms with E-state index in [0.717, 1.165) is 26.4 Å². The number of hydrogen-bond acceptors (Lipinski definition) is 3. The zero-order chi connectivity index (χ0) is 22.9.